The second-order valence-electron chi connectivity index (χ2n) is 8.86. The summed E-state index contributed by atoms with van der Waals surface area (Å²) in [6, 6.07) is 10.7. The summed E-state index contributed by atoms with van der Waals surface area (Å²) in [6.07, 6.45) is 3.46. The number of hydrogen-bond acceptors (Lipinski definition) is 5. The molecule has 2 aliphatic rings. The average molecular weight is 474 g/mol. The maximum atomic E-state index is 13.9. The molecule has 1 aromatic carbocycles. The van der Waals surface area contributed by atoms with Crippen molar-refractivity contribution >= 4 is 28.7 Å². The van der Waals surface area contributed by atoms with E-state index < -0.39 is 11.4 Å². The molecule has 0 saturated carbocycles. The van der Waals surface area contributed by atoms with E-state index in [9.17, 15) is 18.4 Å². The Morgan fingerprint density at radius 3 is 2.69 bits per heavy atom. The number of carbonyl (C=O) groups is 2. The number of benzene rings is 1. The number of nitrogen functional groups attached to an aromatic ring is 1. The van der Waals surface area contributed by atoms with Crippen molar-refractivity contribution in [2.75, 3.05) is 12.3 Å². The Balaban J connectivity index is 1.38. The number of nitrogens with one attached hydrogen (secondary N) is 1. The molecule has 5 heterocycles. The summed E-state index contributed by atoms with van der Waals surface area (Å²) < 4.78 is 27.2. The molecule has 35 heavy (non-hydrogen) atoms. The molecule has 0 aliphatic carbocycles. The topological polar surface area (TPSA) is 108 Å². The minimum Gasteiger partial charge on any atom is -0.381 e. The summed E-state index contributed by atoms with van der Waals surface area (Å²) >= 11 is 0. The molecule has 3 aromatic heterocycles. The summed E-state index contributed by atoms with van der Waals surface area (Å²) in [7, 11) is 0. The standard InChI is InChI=1S/C25H20F2N6O2/c26-15-3-1-14(2-4-15)12-32-8-6-25(24(32)35)18-5-7-29-11-17(18)23(34)33(25)13-16-9-20-21(30-16)10-19(27)22(28)31-20/h1-5,7,9-11,30H,6,8,12-13H2,(H2,28,31)/t25-/m0/s1. The number of amides is 2. The smallest absolute Gasteiger partial charge is 0.257 e. The predicted octanol–water partition coefficient (Wildman–Crippen LogP) is 3.10. The van der Waals surface area contributed by atoms with Gasteiger partial charge in [0, 0.05) is 49.2 Å². The minimum absolute atomic E-state index is 0.0848. The van der Waals surface area contributed by atoms with Crippen molar-refractivity contribution in [2.24, 2.45) is 0 Å². The largest absolute Gasteiger partial charge is 0.381 e. The van der Waals surface area contributed by atoms with Crippen molar-refractivity contribution in [3.8, 4) is 0 Å². The van der Waals surface area contributed by atoms with Crippen molar-refractivity contribution < 1.29 is 18.4 Å². The summed E-state index contributed by atoms with van der Waals surface area (Å²) in [5.74, 6) is -1.70. The molecule has 1 spiro atoms. The van der Waals surface area contributed by atoms with Crippen LogP contribution in [0.3, 0.4) is 0 Å². The molecular weight excluding hydrogens is 454 g/mol. The van der Waals surface area contributed by atoms with Crippen LogP contribution < -0.4 is 5.73 Å². The molecule has 6 rings (SSSR count). The van der Waals surface area contributed by atoms with Crippen LogP contribution in [0, 0.1) is 11.6 Å². The number of H-pyrrole nitrogens is 1. The van der Waals surface area contributed by atoms with Gasteiger partial charge >= 0.3 is 0 Å². The van der Waals surface area contributed by atoms with Gasteiger partial charge in [-0.3, -0.25) is 14.6 Å². The summed E-state index contributed by atoms with van der Waals surface area (Å²) in [5.41, 5.74) is 7.71. The lowest BCUT2D eigenvalue weighted by Crippen LogP contribution is -2.49. The maximum absolute atomic E-state index is 13.9. The highest BCUT2D eigenvalue weighted by Gasteiger charge is 2.59. The number of aromatic nitrogens is 3. The van der Waals surface area contributed by atoms with Crippen LogP contribution >= 0.6 is 0 Å². The Hall–Kier alpha value is -4.34. The minimum atomic E-state index is -1.19. The van der Waals surface area contributed by atoms with E-state index in [0.717, 1.165) is 5.56 Å². The van der Waals surface area contributed by atoms with Crippen LogP contribution in [0.5, 0.6) is 0 Å². The van der Waals surface area contributed by atoms with Gasteiger partial charge in [-0.1, -0.05) is 12.1 Å². The molecule has 2 amide bonds. The summed E-state index contributed by atoms with van der Waals surface area (Å²) in [4.78, 5) is 41.9. The zero-order valence-corrected chi connectivity index (χ0v) is 18.5. The maximum Gasteiger partial charge on any atom is 0.257 e. The molecule has 1 atom stereocenters. The third-order valence-electron chi connectivity index (χ3n) is 6.84. The number of hydrogen-bond donors (Lipinski definition) is 2. The third kappa shape index (κ3) is 3.17. The molecule has 0 bridgehead atoms. The first kappa shape index (κ1) is 21.2. The first-order valence-electron chi connectivity index (χ1n) is 11.1. The third-order valence-corrected chi connectivity index (χ3v) is 6.84. The number of aromatic amines is 1. The number of nitrogens with two attached hydrogens (primary N) is 1. The number of fused-ring (bicyclic) bond motifs is 3. The summed E-state index contributed by atoms with van der Waals surface area (Å²) in [6.45, 7) is 0.817. The molecule has 176 valence electrons. The van der Waals surface area contributed by atoms with Crippen LogP contribution in [-0.4, -0.2) is 43.1 Å². The number of rotatable bonds is 4. The van der Waals surface area contributed by atoms with Crippen LogP contribution in [0.4, 0.5) is 14.6 Å². The van der Waals surface area contributed by atoms with Crippen molar-refractivity contribution in [3.63, 3.8) is 0 Å². The number of carbonyl (C=O) groups excluding carboxylic acids is 2. The number of halogens is 2. The van der Waals surface area contributed by atoms with Crippen molar-refractivity contribution in [1.29, 1.82) is 0 Å². The van der Waals surface area contributed by atoms with E-state index in [0.29, 0.717) is 47.4 Å². The Kier molecular flexibility index (Phi) is 4.60. The monoisotopic (exact) mass is 474 g/mol. The number of likely N-dealkylation sites (tertiary alicyclic amines) is 1. The molecule has 3 N–H and O–H groups in total. The Labute approximate surface area is 198 Å². The number of nitrogens with zero attached hydrogens (tertiary/aromatic N) is 4. The van der Waals surface area contributed by atoms with Crippen molar-refractivity contribution in [1.82, 2.24) is 24.8 Å². The summed E-state index contributed by atoms with van der Waals surface area (Å²) in [5, 5.41) is 0. The molecular formula is C25H20F2N6O2. The Bertz CT molecular complexity index is 1460. The Morgan fingerprint density at radius 2 is 1.89 bits per heavy atom. The normalized spacial score (nSPS) is 19.4. The first-order valence-corrected chi connectivity index (χ1v) is 11.1. The van der Waals surface area contributed by atoms with E-state index in [2.05, 4.69) is 15.0 Å². The molecule has 10 heteroatoms. The van der Waals surface area contributed by atoms with E-state index in [1.807, 2.05) is 0 Å². The van der Waals surface area contributed by atoms with Crippen LogP contribution in [0.25, 0.3) is 11.0 Å². The van der Waals surface area contributed by atoms with E-state index in [4.69, 9.17) is 5.73 Å². The van der Waals surface area contributed by atoms with Crippen molar-refractivity contribution in [2.45, 2.75) is 25.0 Å². The lowest BCUT2D eigenvalue weighted by atomic mass is 9.88. The van der Waals surface area contributed by atoms with E-state index in [1.165, 1.54) is 24.4 Å². The fourth-order valence-electron chi connectivity index (χ4n) is 5.18. The van der Waals surface area contributed by atoms with Gasteiger partial charge in [0.05, 0.1) is 23.1 Å². The van der Waals surface area contributed by atoms with E-state index in [-0.39, 0.29) is 30.0 Å². The van der Waals surface area contributed by atoms with Gasteiger partial charge in [0.2, 0.25) is 0 Å². The van der Waals surface area contributed by atoms with Crippen LogP contribution in [0.2, 0.25) is 0 Å². The predicted molar refractivity (Wildman–Crippen MR) is 123 cm³/mol. The van der Waals surface area contributed by atoms with E-state index in [1.54, 1.807) is 40.3 Å². The second-order valence-corrected chi connectivity index (χ2v) is 8.86. The fraction of sp³-hybridized carbons (Fsp3) is 0.200. The average Bonchev–Trinajstić information content (AvgIpc) is 3.46. The quantitative estimate of drug-likeness (QED) is 0.473. The van der Waals surface area contributed by atoms with Crippen LogP contribution in [0.1, 0.15) is 33.6 Å². The molecule has 1 saturated heterocycles. The van der Waals surface area contributed by atoms with Crippen LogP contribution in [-0.2, 0) is 23.4 Å². The van der Waals surface area contributed by atoms with Crippen molar-refractivity contribution in [3.05, 3.63) is 88.9 Å². The first-order chi connectivity index (χ1) is 16.9. The highest BCUT2D eigenvalue weighted by atomic mass is 19.1. The lowest BCUT2D eigenvalue weighted by molar-refractivity contribution is -0.137. The SMILES string of the molecule is Nc1nc2cc(CN3C(=O)c4cnccc4[C@]34CCN(Cc3ccc(F)cc3)C4=O)[nH]c2cc1F. The van der Waals surface area contributed by atoms with E-state index >= 15 is 0 Å². The van der Waals surface area contributed by atoms with Gasteiger partial charge < -0.3 is 20.5 Å². The fourth-order valence-corrected chi connectivity index (χ4v) is 5.18. The van der Waals surface area contributed by atoms with Crippen LogP contribution in [0.15, 0.2) is 54.9 Å². The molecule has 4 aromatic rings. The van der Waals surface area contributed by atoms with Gasteiger partial charge in [-0.15, -0.1) is 0 Å². The molecule has 2 aliphatic heterocycles. The second kappa shape index (κ2) is 7.59. The molecule has 8 nitrogen and oxygen atoms in total. The molecule has 0 radical (unpaired) electrons. The zero-order valence-electron chi connectivity index (χ0n) is 18.5. The zero-order chi connectivity index (χ0) is 24.3. The van der Waals surface area contributed by atoms with Gasteiger partial charge in [0.1, 0.15) is 5.82 Å². The van der Waals surface area contributed by atoms with Gasteiger partial charge in [-0.25, -0.2) is 13.8 Å². The lowest BCUT2D eigenvalue weighted by Gasteiger charge is -2.34. The van der Waals surface area contributed by atoms with Gasteiger partial charge in [-0.05, 0) is 29.8 Å². The van der Waals surface area contributed by atoms with Gasteiger partial charge in [0.25, 0.3) is 11.8 Å². The van der Waals surface area contributed by atoms with Gasteiger partial charge in [0.15, 0.2) is 17.2 Å². The molecule has 1 fully saturated rings. The Morgan fingerprint density at radius 1 is 1.09 bits per heavy atom. The van der Waals surface area contributed by atoms with Gasteiger partial charge in [-0.2, -0.15) is 0 Å². The highest BCUT2D eigenvalue weighted by Crippen LogP contribution is 2.47. The number of anilines is 1. The highest BCUT2D eigenvalue weighted by molar-refractivity contribution is 6.07. The molecule has 0 unspecified atom stereocenters. The number of pyridine rings is 2.